The summed E-state index contributed by atoms with van der Waals surface area (Å²) in [6.45, 7) is 13.7. The van der Waals surface area contributed by atoms with Gasteiger partial charge in [-0.3, -0.25) is 4.55 Å². The molecule has 1 N–H and O–H groups in total. The van der Waals surface area contributed by atoms with Gasteiger partial charge in [-0.05, 0) is 90.1 Å². The molecular weight excluding hydrogens is 947 g/mol. The van der Waals surface area contributed by atoms with E-state index in [9.17, 15) is 25.9 Å². The maximum atomic E-state index is 12.4. The monoisotopic (exact) mass is 1010 g/mol. The number of hydrogen-bond donors (Lipinski definition) is 1. The molecule has 0 unspecified atom stereocenters. The van der Waals surface area contributed by atoms with E-state index in [4.69, 9.17) is 9.47 Å². The van der Waals surface area contributed by atoms with Crippen molar-refractivity contribution >= 4 is 60.8 Å². The second-order valence-corrected chi connectivity index (χ2v) is 24.1. The summed E-state index contributed by atoms with van der Waals surface area (Å²) < 4.78 is 86.3. The van der Waals surface area contributed by atoms with Crippen molar-refractivity contribution in [2.45, 2.75) is 80.7 Å². The molecule has 1 saturated heterocycles. The van der Waals surface area contributed by atoms with Crippen molar-refractivity contribution in [2.24, 2.45) is 0 Å². The van der Waals surface area contributed by atoms with E-state index in [1.54, 1.807) is 18.2 Å². The number of anilines is 2. The first kappa shape index (κ1) is 50.9. The van der Waals surface area contributed by atoms with E-state index in [1.807, 2.05) is 66.0 Å². The van der Waals surface area contributed by atoms with E-state index < -0.39 is 31.1 Å². The largest absolute Gasteiger partial charge is 0.744 e. The molecule has 3 aliphatic heterocycles. The summed E-state index contributed by atoms with van der Waals surface area (Å²) in [7, 11) is -9.11. The van der Waals surface area contributed by atoms with E-state index in [0.717, 1.165) is 100 Å². The van der Waals surface area contributed by atoms with Gasteiger partial charge in [-0.2, -0.15) is 31.9 Å². The molecule has 0 bridgehead atoms. The minimum absolute atomic E-state index is 0.127. The third kappa shape index (κ3) is 11.8. The standard InChI is InChI=1S/C54H63N3O8S4/c1-53(2)46-36-44(68(58,59)60)20-22-48(46)56(38-40-12-7-5-8-13-40)50(53)24-18-42-16-11-17-43(52(42)55-26-32-66-34-30-64-28-29-65-31-35-67-33-27-55)19-25-51-54(3,4)47-37-45(69(61,62)63)21-23-49(47)57(51)39-41-14-9-6-10-15-41/h5-10,12-15,18-25,36-37H,11,16-17,26-35,38-39H2,1-4H3,(H-,58,59,60,61,62,63). The summed E-state index contributed by atoms with van der Waals surface area (Å²) in [5.74, 6) is 3.60. The van der Waals surface area contributed by atoms with Gasteiger partial charge in [0.25, 0.3) is 10.1 Å². The molecular formula is C54H63N3O8S4. The zero-order chi connectivity index (χ0) is 48.8. The Morgan fingerprint density at radius 2 is 1.07 bits per heavy atom. The third-order valence-electron chi connectivity index (χ3n) is 13.5. The number of allylic oxidation sites excluding steroid dienone is 8. The highest BCUT2D eigenvalue weighted by Gasteiger charge is 2.42. The fourth-order valence-corrected chi connectivity index (χ4v) is 12.5. The van der Waals surface area contributed by atoms with Crippen LogP contribution in [0.2, 0.25) is 0 Å². The topological polar surface area (TPSA) is 140 Å². The Bertz CT molecular complexity index is 2700. The van der Waals surface area contributed by atoms with Gasteiger partial charge in [0, 0.05) is 69.3 Å². The highest BCUT2D eigenvalue weighted by molar-refractivity contribution is 7.99. The maximum absolute atomic E-state index is 12.4. The maximum Gasteiger partial charge on any atom is 0.294 e. The van der Waals surface area contributed by atoms with E-state index >= 15 is 0 Å². The molecule has 366 valence electrons. The molecule has 0 aromatic heterocycles. The van der Waals surface area contributed by atoms with E-state index in [0.29, 0.717) is 39.5 Å². The van der Waals surface area contributed by atoms with E-state index in [-0.39, 0.29) is 9.79 Å². The normalized spacial score (nSPS) is 21.9. The fraction of sp³-hybridized carbons (Fsp3) is 0.389. The van der Waals surface area contributed by atoms with Crippen molar-refractivity contribution in [1.82, 2.24) is 0 Å². The quantitative estimate of drug-likeness (QED) is 0.133. The number of ether oxygens (including phenoxy) is 2. The molecule has 4 aromatic carbocycles. The van der Waals surface area contributed by atoms with Crippen LogP contribution >= 0.6 is 23.5 Å². The molecule has 15 heteroatoms. The second-order valence-electron chi connectivity index (χ2n) is 18.8. The van der Waals surface area contributed by atoms with E-state index in [1.165, 1.54) is 29.0 Å². The lowest BCUT2D eigenvalue weighted by Crippen LogP contribution is -2.31. The highest BCUT2D eigenvalue weighted by atomic mass is 32.2. The van der Waals surface area contributed by atoms with Crippen LogP contribution in [0.1, 0.15) is 69.2 Å². The first-order chi connectivity index (χ1) is 33.0. The van der Waals surface area contributed by atoms with Crippen molar-refractivity contribution in [3.63, 3.8) is 0 Å². The molecule has 0 atom stereocenters. The smallest absolute Gasteiger partial charge is 0.294 e. The van der Waals surface area contributed by atoms with Crippen LogP contribution in [0.15, 0.2) is 154 Å². The van der Waals surface area contributed by atoms with Crippen LogP contribution in [0.3, 0.4) is 0 Å². The first-order valence-corrected chi connectivity index (χ1v) is 28.8. The molecule has 1 saturated carbocycles. The Balaban J connectivity index is 1.27. The van der Waals surface area contributed by atoms with Crippen LogP contribution < -0.4 is 9.80 Å². The zero-order valence-electron chi connectivity index (χ0n) is 39.9. The lowest BCUT2D eigenvalue weighted by atomic mass is 9.82. The predicted molar refractivity (Wildman–Crippen MR) is 279 cm³/mol. The number of fused-ring (bicyclic) bond motifs is 2. The average molecular weight is 1010 g/mol. The molecule has 69 heavy (non-hydrogen) atoms. The summed E-state index contributed by atoms with van der Waals surface area (Å²) in [5.41, 5.74) is 9.98. The second kappa shape index (κ2) is 21.9. The summed E-state index contributed by atoms with van der Waals surface area (Å²) >= 11 is 3.77. The van der Waals surface area contributed by atoms with Gasteiger partial charge >= 0.3 is 0 Å². The van der Waals surface area contributed by atoms with Crippen LogP contribution in [0.4, 0.5) is 11.4 Å². The minimum Gasteiger partial charge on any atom is -0.744 e. The molecule has 3 heterocycles. The van der Waals surface area contributed by atoms with Crippen molar-refractivity contribution in [3.05, 3.63) is 166 Å². The summed E-state index contributed by atoms with van der Waals surface area (Å²) in [6, 6.07) is 30.1. The molecule has 1 aliphatic carbocycles. The third-order valence-corrected chi connectivity index (χ3v) is 17.0. The van der Waals surface area contributed by atoms with Gasteiger partial charge in [-0.25, -0.2) is 13.0 Å². The molecule has 8 rings (SSSR count). The van der Waals surface area contributed by atoms with Crippen molar-refractivity contribution < 1.29 is 40.0 Å². The molecule has 2 fully saturated rings. The molecule has 4 aromatic rings. The fourth-order valence-electron chi connectivity index (χ4n) is 9.95. The predicted octanol–water partition coefficient (Wildman–Crippen LogP) is 9.90. The van der Waals surface area contributed by atoms with Gasteiger partial charge in [-0.15, -0.1) is 0 Å². The van der Waals surface area contributed by atoms with Crippen LogP contribution in [0, 0.1) is 0 Å². The number of rotatable bonds is 8. The van der Waals surface area contributed by atoms with Crippen LogP contribution in [-0.2, 0) is 53.6 Å². The summed E-state index contributed by atoms with van der Waals surface area (Å²) in [5, 5.41) is 0. The molecule has 0 radical (unpaired) electrons. The molecule has 4 aliphatic rings. The first-order valence-electron chi connectivity index (χ1n) is 23.6. The van der Waals surface area contributed by atoms with E-state index in [2.05, 4.69) is 90.6 Å². The Hall–Kier alpha value is -4.45. The Labute approximate surface area is 417 Å². The highest BCUT2D eigenvalue weighted by Crippen LogP contribution is 2.51. The van der Waals surface area contributed by atoms with Crippen molar-refractivity contribution in [2.75, 3.05) is 72.3 Å². The Kier molecular flexibility index (Phi) is 16.2. The minimum atomic E-state index is -4.68. The number of hydrogen-bond acceptors (Lipinski definition) is 11. The SMILES string of the molecule is CC1(C)/C(=C\C=C2/CCC/C(=C\C=C3\N(Cc4ccccc4)c4ccc(S(=O)(=O)O)cc4C3(C)C)C2=[N+]2CCSCCOCCOCCSCC2)N(Cc2ccccc2)c2ccc(S(=O)(=O)[O-])cc21. The summed E-state index contributed by atoms with van der Waals surface area (Å²) in [4.78, 5) is 4.16. The zero-order valence-corrected chi connectivity index (χ0v) is 43.2. The molecule has 11 nitrogen and oxygen atoms in total. The number of nitrogens with zero attached hydrogens (tertiary/aromatic N) is 3. The van der Waals surface area contributed by atoms with Gasteiger partial charge in [0.05, 0.1) is 47.7 Å². The van der Waals surface area contributed by atoms with Gasteiger partial charge in [0.2, 0.25) is 5.71 Å². The summed E-state index contributed by atoms with van der Waals surface area (Å²) in [6.07, 6.45) is 11.6. The lowest BCUT2D eigenvalue weighted by molar-refractivity contribution is -0.517. The van der Waals surface area contributed by atoms with Gasteiger partial charge in [0.1, 0.15) is 10.1 Å². The number of benzene rings is 4. The van der Waals surface area contributed by atoms with Crippen LogP contribution in [0.25, 0.3) is 0 Å². The average Bonchev–Trinajstić information content (AvgIpc) is 3.65. The lowest BCUT2D eigenvalue weighted by Gasteiger charge is -2.28. The van der Waals surface area contributed by atoms with Gasteiger partial charge < -0.3 is 23.8 Å². The Morgan fingerprint density at radius 3 is 1.52 bits per heavy atom. The van der Waals surface area contributed by atoms with Crippen LogP contribution in [0.5, 0.6) is 0 Å². The van der Waals surface area contributed by atoms with Gasteiger partial charge in [-0.1, -0.05) is 101 Å². The molecule has 0 spiro atoms. The van der Waals surface area contributed by atoms with Crippen molar-refractivity contribution in [1.29, 1.82) is 0 Å². The van der Waals surface area contributed by atoms with Crippen LogP contribution in [-0.4, -0.2) is 98.8 Å². The number of thioether (sulfide) groups is 2. The Morgan fingerprint density at radius 1 is 0.623 bits per heavy atom. The van der Waals surface area contributed by atoms with Crippen molar-refractivity contribution in [3.8, 4) is 0 Å². The molecule has 0 amide bonds. The van der Waals surface area contributed by atoms with Gasteiger partial charge in [0.15, 0.2) is 13.1 Å².